The zero-order valence-electron chi connectivity index (χ0n) is 13.6. The van der Waals surface area contributed by atoms with Crippen LogP contribution in [-0.2, 0) is 9.53 Å². The van der Waals surface area contributed by atoms with Crippen molar-refractivity contribution in [3.63, 3.8) is 0 Å². The molecule has 0 aliphatic carbocycles. The number of thiophene rings is 1. The molecule has 2 unspecified atom stereocenters. The van der Waals surface area contributed by atoms with E-state index in [-0.39, 0.29) is 18.1 Å². The van der Waals surface area contributed by atoms with Crippen LogP contribution in [0.5, 0.6) is 0 Å². The van der Waals surface area contributed by atoms with Crippen LogP contribution in [0.25, 0.3) is 0 Å². The van der Waals surface area contributed by atoms with Crippen LogP contribution in [0.3, 0.4) is 0 Å². The first-order chi connectivity index (χ1) is 12.1. The standard InChI is InChI=1S/C17H18BrN3O2S2/c1-23-14(22)6-4-10-21-16(12-7-8-13(18)25-12)15(20-17(21)24)11-5-2-3-9-19-11/h2-3,5,7-9,15-16H,4,6,10H2,1H3,(H,20,24). The van der Waals surface area contributed by atoms with Gasteiger partial charge in [-0.3, -0.25) is 9.78 Å². The summed E-state index contributed by atoms with van der Waals surface area (Å²) in [6, 6.07) is 10.1. The molecule has 1 aliphatic rings. The van der Waals surface area contributed by atoms with E-state index >= 15 is 0 Å². The average Bonchev–Trinajstić information content (AvgIpc) is 3.19. The fourth-order valence-electron chi connectivity index (χ4n) is 2.94. The van der Waals surface area contributed by atoms with E-state index < -0.39 is 0 Å². The molecule has 1 saturated heterocycles. The van der Waals surface area contributed by atoms with Crippen LogP contribution < -0.4 is 5.32 Å². The van der Waals surface area contributed by atoms with Crippen molar-refractivity contribution >= 4 is 50.6 Å². The monoisotopic (exact) mass is 439 g/mol. The van der Waals surface area contributed by atoms with Gasteiger partial charge in [-0.1, -0.05) is 6.07 Å². The summed E-state index contributed by atoms with van der Waals surface area (Å²) >= 11 is 10.8. The Labute approximate surface area is 164 Å². The van der Waals surface area contributed by atoms with Gasteiger partial charge < -0.3 is 15.0 Å². The Morgan fingerprint density at radius 2 is 2.28 bits per heavy atom. The molecule has 3 rings (SSSR count). The van der Waals surface area contributed by atoms with Gasteiger partial charge in [0.25, 0.3) is 0 Å². The zero-order chi connectivity index (χ0) is 17.8. The zero-order valence-corrected chi connectivity index (χ0v) is 16.9. The van der Waals surface area contributed by atoms with E-state index in [2.05, 4.69) is 37.2 Å². The average molecular weight is 440 g/mol. The number of aromatic nitrogens is 1. The number of nitrogens with zero attached hydrogens (tertiary/aromatic N) is 2. The van der Waals surface area contributed by atoms with Gasteiger partial charge in [0, 0.05) is 24.0 Å². The van der Waals surface area contributed by atoms with Crippen molar-refractivity contribution in [2.75, 3.05) is 13.7 Å². The number of carbonyl (C=O) groups excluding carboxylic acids is 1. The third-order valence-electron chi connectivity index (χ3n) is 4.09. The van der Waals surface area contributed by atoms with E-state index in [1.807, 2.05) is 24.3 Å². The van der Waals surface area contributed by atoms with Gasteiger partial charge in [-0.05, 0) is 58.8 Å². The number of ether oxygens (including phenoxy) is 1. The fraction of sp³-hybridized carbons (Fsp3) is 0.353. The van der Waals surface area contributed by atoms with Crippen molar-refractivity contribution < 1.29 is 9.53 Å². The molecule has 132 valence electrons. The molecule has 0 bridgehead atoms. The van der Waals surface area contributed by atoms with Crippen molar-refractivity contribution in [3.05, 3.63) is 50.9 Å². The predicted molar refractivity (Wildman–Crippen MR) is 105 cm³/mol. The van der Waals surface area contributed by atoms with Crippen molar-refractivity contribution in [1.82, 2.24) is 15.2 Å². The molecule has 0 aromatic carbocycles. The van der Waals surface area contributed by atoms with Crippen molar-refractivity contribution in [2.45, 2.75) is 24.9 Å². The molecule has 25 heavy (non-hydrogen) atoms. The Morgan fingerprint density at radius 1 is 1.44 bits per heavy atom. The normalized spacial score (nSPS) is 19.8. The largest absolute Gasteiger partial charge is 0.469 e. The van der Waals surface area contributed by atoms with Crippen LogP contribution in [0, 0.1) is 0 Å². The Hall–Kier alpha value is -1.51. The molecule has 3 heterocycles. The topological polar surface area (TPSA) is 54.5 Å². The molecule has 8 heteroatoms. The summed E-state index contributed by atoms with van der Waals surface area (Å²) in [7, 11) is 1.41. The summed E-state index contributed by atoms with van der Waals surface area (Å²) in [5, 5.41) is 4.09. The molecule has 2 atom stereocenters. The fourth-order valence-corrected chi connectivity index (χ4v) is 4.84. The highest BCUT2D eigenvalue weighted by Gasteiger charge is 2.40. The molecule has 1 N–H and O–H groups in total. The van der Waals surface area contributed by atoms with Gasteiger partial charge >= 0.3 is 5.97 Å². The number of thiocarbonyl (C=S) groups is 1. The van der Waals surface area contributed by atoms with E-state index in [4.69, 9.17) is 17.0 Å². The van der Waals surface area contributed by atoms with E-state index in [9.17, 15) is 4.79 Å². The van der Waals surface area contributed by atoms with Gasteiger partial charge in [0.15, 0.2) is 5.11 Å². The maximum atomic E-state index is 11.4. The second kappa shape index (κ2) is 8.25. The van der Waals surface area contributed by atoms with Crippen molar-refractivity contribution in [3.8, 4) is 0 Å². The van der Waals surface area contributed by atoms with Gasteiger partial charge in [0.1, 0.15) is 0 Å². The number of hydrogen-bond acceptors (Lipinski definition) is 5. The van der Waals surface area contributed by atoms with Crippen LogP contribution in [0.4, 0.5) is 0 Å². The maximum Gasteiger partial charge on any atom is 0.305 e. The minimum absolute atomic E-state index is 0.0163. The molecule has 1 fully saturated rings. The van der Waals surface area contributed by atoms with E-state index in [0.717, 1.165) is 9.48 Å². The maximum absolute atomic E-state index is 11.4. The Kier molecular flexibility index (Phi) is 6.03. The number of pyridine rings is 1. The summed E-state index contributed by atoms with van der Waals surface area (Å²) in [6.07, 6.45) is 2.86. The van der Waals surface area contributed by atoms with Gasteiger partial charge in [-0.25, -0.2) is 0 Å². The molecular weight excluding hydrogens is 422 g/mol. The smallest absolute Gasteiger partial charge is 0.305 e. The molecular formula is C17H18BrN3O2S2. The lowest BCUT2D eigenvalue weighted by atomic mass is 10.0. The quantitative estimate of drug-likeness (QED) is 0.545. The van der Waals surface area contributed by atoms with Crippen molar-refractivity contribution in [2.24, 2.45) is 0 Å². The SMILES string of the molecule is COC(=O)CCCN1C(=S)NC(c2ccccn2)C1c1ccc(Br)s1. The van der Waals surface area contributed by atoms with Crippen LogP contribution in [0.15, 0.2) is 40.3 Å². The minimum atomic E-state index is -0.199. The first kappa shape index (κ1) is 18.3. The van der Waals surface area contributed by atoms with Gasteiger partial charge in [-0.15, -0.1) is 11.3 Å². The highest BCUT2D eigenvalue weighted by Crippen LogP contribution is 2.42. The first-order valence-electron chi connectivity index (χ1n) is 7.90. The highest BCUT2D eigenvalue weighted by molar-refractivity contribution is 9.11. The molecule has 2 aromatic rings. The summed E-state index contributed by atoms with van der Waals surface area (Å²) in [5.74, 6) is -0.199. The van der Waals surface area contributed by atoms with Crippen LogP contribution in [-0.4, -0.2) is 34.6 Å². The highest BCUT2D eigenvalue weighted by atomic mass is 79.9. The number of carbonyl (C=O) groups is 1. The third-order valence-corrected chi connectivity index (χ3v) is 6.14. The lowest BCUT2D eigenvalue weighted by Crippen LogP contribution is -2.30. The molecule has 0 radical (unpaired) electrons. The number of esters is 1. The first-order valence-corrected chi connectivity index (χ1v) is 9.92. The Bertz CT molecular complexity index is 753. The minimum Gasteiger partial charge on any atom is -0.469 e. The van der Waals surface area contributed by atoms with E-state index in [1.165, 1.54) is 12.0 Å². The third kappa shape index (κ3) is 4.19. The van der Waals surface area contributed by atoms with E-state index in [1.54, 1.807) is 17.5 Å². The van der Waals surface area contributed by atoms with Crippen molar-refractivity contribution in [1.29, 1.82) is 0 Å². The summed E-state index contributed by atoms with van der Waals surface area (Å²) in [5.41, 5.74) is 0.954. The second-order valence-electron chi connectivity index (χ2n) is 5.64. The number of nitrogens with one attached hydrogen (secondary N) is 1. The van der Waals surface area contributed by atoms with Gasteiger partial charge in [-0.2, -0.15) is 0 Å². The number of rotatable bonds is 6. The Balaban J connectivity index is 1.85. The molecule has 1 aliphatic heterocycles. The molecule has 5 nitrogen and oxygen atoms in total. The number of halogens is 1. The number of methoxy groups -OCH3 is 1. The van der Waals surface area contributed by atoms with Gasteiger partial charge in [0.2, 0.25) is 0 Å². The van der Waals surface area contributed by atoms with Gasteiger partial charge in [0.05, 0.1) is 28.7 Å². The summed E-state index contributed by atoms with van der Waals surface area (Å²) in [6.45, 7) is 0.685. The van der Waals surface area contributed by atoms with Crippen LogP contribution in [0.2, 0.25) is 0 Å². The van der Waals surface area contributed by atoms with Crippen LogP contribution in [0.1, 0.15) is 35.5 Å². The molecule has 0 spiro atoms. The molecule has 0 saturated carbocycles. The summed E-state index contributed by atoms with van der Waals surface area (Å²) < 4.78 is 5.81. The summed E-state index contributed by atoms with van der Waals surface area (Å²) in [4.78, 5) is 19.3. The number of hydrogen-bond donors (Lipinski definition) is 1. The van der Waals surface area contributed by atoms with E-state index in [0.29, 0.717) is 24.5 Å². The Morgan fingerprint density at radius 3 is 2.92 bits per heavy atom. The predicted octanol–water partition coefficient (Wildman–Crippen LogP) is 3.83. The molecule has 2 aromatic heterocycles. The lowest BCUT2D eigenvalue weighted by molar-refractivity contribution is -0.140. The molecule has 0 amide bonds. The lowest BCUT2D eigenvalue weighted by Gasteiger charge is -2.26. The second-order valence-corrected chi connectivity index (χ2v) is 8.52. The van der Waals surface area contributed by atoms with Crippen LogP contribution >= 0.6 is 39.5 Å².